The topological polar surface area (TPSA) is 12.0 Å². The number of hydrogen-bond acceptors (Lipinski definition) is 1. The van der Waals surface area contributed by atoms with Crippen LogP contribution in [0.2, 0.25) is 5.09 Å². The molecule has 0 aliphatic rings. The van der Waals surface area contributed by atoms with Gasteiger partial charge in [0, 0.05) is 0 Å². The summed E-state index contributed by atoms with van der Waals surface area (Å²) < 4.78 is 0. The Balaban J connectivity index is 3.10. The maximum atomic E-state index is 3.39. The fourth-order valence-electron chi connectivity index (χ4n) is 0.687. The van der Waals surface area contributed by atoms with Gasteiger partial charge in [-0.05, 0) is 0 Å². The molecule has 1 atom stereocenters. The molecule has 0 saturated carbocycles. The van der Waals surface area contributed by atoms with Crippen LogP contribution in [0.25, 0.3) is 0 Å². The SMILES string of the molecule is [Li][CH2]C(C)NC(C)C. The Kier molecular flexibility index (Phi) is 4.75. The molecule has 0 rings (SSSR count). The maximum absolute atomic E-state index is 3.39. The Morgan fingerprint density at radius 2 is 1.88 bits per heavy atom. The minimum absolute atomic E-state index is 0.630. The molecule has 1 N–H and O–H groups in total. The fraction of sp³-hybridized carbons (Fsp3) is 1.00. The number of nitrogens with one attached hydrogen (secondary N) is 1. The number of rotatable bonds is 3. The summed E-state index contributed by atoms with van der Waals surface area (Å²) in [5.41, 5.74) is 0. The van der Waals surface area contributed by atoms with Crippen LogP contribution in [-0.2, 0) is 0 Å². The molecule has 0 aliphatic carbocycles. The average Bonchev–Trinajstić information content (AvgIpc) is 1.65. The van der Waals surface area contributed by atoms with Gasteiger partial charge in [0.2, 0.25) is 0 Å². The third-order valence-electron chi connectivity index (χ3n) is 1.23. The first-order chi connectivity index (χ1) is 3.66. The van der Waals surface area contributed by atoms with Crippen molar-refractivity contribution in [3.8, 4) is 0 Å². The Morgan fingerprint density at radius 1 is 1.38 bits per heavy atom. The van der Waals surface area contributed by atoms with Crippen LogP contribution >= 0.6 is 0 Å². The Hall–Kier alpha value is 0.557. The molecule has 0 radical (unpaired) electrons. The van der Waals surface area contributed by atoms with Crippen molar-refractivity contribution in [1.82, 2.24) is 5.32 Å². The third-order valence-corrected chi connectivity index (χ3v) is 1.23. The molecule has 2 heteroatoms. The minimum atomic E-state index is 0.630. The molecule has 0 aromatic carbocycles. The predicted molar refractivity (Wildman–Crippen MR) is 38.3 cm³/mol. The summed E-state index contributed by atoms with van der Waals surface area (Å²) in [6.45, 7) is 6.55. The zero-order valence-corrected chi connectivity index (χ0v) is 6.36. The van der Waals surface area contributed by atoms with Crippen molar-refractivity contribution < 1.29 is 0 Å². The normalized spacial score (nSPS) is 14.8. The monoisotopic (exact) mass is 107 g/mol. The van der Waals surface area contributed by atoms with Gasteiger partial charge in [-0.3, -0.25) is 0 Å². The first-order valence-electron chi connectivity index (χ1n) is 3.42. The van der Waals surface area contributed by atoms with Crippen LogP contribution in [0.4, 0.5) is 0 Å². The van der Waals surface area contributed by atoms with Crippen LogP contribution in [0.15, 0.2) is 0 Å². The van der Waals surface area contributed by atoms with Crippen molar-refractivity contribution in [3.63, 3.8) is 0 Å². The molecule has 0 heterocycles. The molecule has 0 aliphatic heterocycles. The van der Waals surface area contributed by atoms with Crippen LogP contribution < -0.4 is 5.32 Å². The van der Waals surface area contributed by atoms with E-state index in [-0.39, 0.29) is 0 Å². The molecule has 0 bridgehead atoms. The van der Waals surface area contributed by atoms with E-state index < -0.39 is 0 Å². The summed E-state index contributed by atoms with van der Waals surface area (Å²) in [4.78, 5) is 0. The van der Waals surface area contributed by atoms with Crippen molar-refractivity contribution in [2.45, 2.75) is 37.9 Å². The summed E-state index contributed by atoms with van der Waals surface area (Å²) >= 11 is 2.19. The first kappa shape index (κ1) is 8.56. The molecular weight excluding hydrogens is 93.0 g/mol. The van der Waals surface area contributed by atoms with Gasteiger partial charge in [0.15, 0.2) is 0 Å². The van der Waals surface area contributed by atoms with E-state index in [4.69, 9.17) is 0 Å². The summed E-state index contributed by atoms with van der Waals surface area (Å²) in [6, 6.07) is 1.31. The average molecular weight is 107 g/mol. The van der Waals surface area contributed by atoms with Gasteiger partial charge in [-0.2, -0.15) is 0 Å². The molecule has 0 saturated heterocycles. The molecule has 44 valence electrons. The van der Waals surface area contributed by atoms with Gasteiger partial charge in [0.05, 0.1) is 0 Å². The molecule has 1 unspecified atom stereocenters. The Bertz CT molecular complexity index is 54.5. The van der Waals surface area contributed by atoms with E-state index in [9.17, 15) is 0 Å². The number of hydrogen-bond donors (Lipinski definition) is 1. The van der Waals surface area contributed by atoms with E-state index >= 15 is 0 Å². The molecule has 0 spiro atoms. The van der Waals surface area contributed by atoms with E-state index in [0.717, 1.165) is 0 Å². The molecule has 0 aromatic rings. The van der Waals surface area contributed by atoms with E-state index in [2.05, 4.69) is 43.8 Å². The van der Waals surface area contributed by atoms with Crippen molar-refractivity contribution >= 4 is 17.7 Å². The second-order valence-corrected chi connectivity index (χ2v) is 2.63. The summed E-state index contributed by atoms with van der Waals surface area (Å²) in [5.74, 6) is 0. The van der Waals surface area contributed by atoms with Gasteiger partial charge in [-0.15, -0.1) is 0 Å². The summed E-state index contributed by atoms with van der Waals surface area (Å²) in [7, 11) is 0. The van der Waals surface area contributed by atoms with Crippen molar-refractivity contribution in [2.75, 3.05) is 0 Å². The Morgan fingerprint density at radius 3 is 2.00 bits per heavy atom. The molecular formula is C6H14LiN. The van der Waals surface area contributed by atoms with Crippen molar-refractivity contribution in [3.05, 3.63) is 0 Å². The van der Waals surface area contributed by atoms with E-state index in [1.165, 1.54) is 5.09 Å². The molecule has 1 nitrogen and oxygen atoms in total. The van der Waals surface area contributed by atoms with E-state index in [0.29, 0.717) is 12.1 Å². The van der Waals surface area contributed by atoms with Gasteiger partial charge < -0.3 is 0 Å². The molecule has 0 amide bonds. The third kappa shape index (κ3) is 4.71. The van der Waals surface area contributed by atoms with Crippen molar-refractivity contribution in [2.24, 2.45) is 0 Å². The summed E-state index contributed by atoms with van der Waals surface area (Å²) in [6.07, 6.45) is 0. The van der Waals surface area contributed by atoms with Gasteiger partial charge in [0.25, 0.3) is 0 Å². The summed E-state index contributed by atoms with van der Waals surface area (Å²) in [5, 5.41) is 4.61. The van der Waals surface area contributed by atoms with Crippen LogP contribution in [0, 0.1) is 0 Å². The van der Waals surface area contributed by atoms with Crippen LogP contribution in [0.1, 0.15) is 20.8 Å². The molecule has 0 fully saturated rings. The van der Waals surface area contributed by atoms with Gasteiger partial charge in [-0.25, -0.2) is 0 Å². The second kappa shape index (κ2) is 4.44. The second-order valence-electron chi connectivity index (χ2n) is 2.63. The zero-order chi connectivity index (χ0) is 6.57. The predicted octanol–water partition coefficient (Wildman–Crippen LogP) is 0.960. The van der Waals surface area contributed by atoms with Crippen LogP contribution in [0.5, 0.6) is 0 Å². The van der Waals surface area contributed by atoms with E-state index in [1.54, 1.807) is 0 Å². The van der Waals surface area contributed by atoms with Gasteiger partial charge in [-0.1, -0.05) is 0 Å². The van der Waals surface area contributed by atoms with Gasteiger partial charge >= 0.3 is 61.0 Å². The Labute approximate surface area is 61.4 Å². The fourth-order valence-corrected chi connectivity index (χ4v) is 0.687. The van der Waals surface area contributed by atoms with Crippen LogP contribution in [0.3, 0.4) is 0 Å². The quantitative estimate of drug-likeness (QED) is 0.530. The zero-order valence-electron chi connectivity index (χ0n) is 6.36. The standard InChI is InChI=1S/C6H14N.Li/c1-5(2)7-6(3)4;/h5-7H,1H2,2-4H3;. The molecule has 8 heavy (non-hydrogen) atoms. The van der Waals surface area contributed by atoms with Crippen LogP contribution in [-0.4, -0.2) is 29.8 Å². The van der Waals surface area contributed by atoms with Gasteiger partial charge in [0.1, 0.15) is 0 Å². The molecule has 0 aromatic heterocycles. The van der Waals surface area contributed by atoms with E-state index in [1.807, 2.05) is 0 Å². The first-order valence-corrected chi connectivity index (χ1v) is 3.42. The van der Waals surface area contributed by atoms with Crippen molar-refractivity contribution in [1.29, 1.82) is 0 Å².